The number of imidazole rings is 1. The van der Waals surface area contributed by atoms with Gasteiger partial charge >= 0.3 is 0 Å². The molecule has 0 unspecified atom stereocenters. The molecule has 1 fully saturated rings. The maximum absolute atomic E-state index is 13.1. The van der Waals surface area contributed by atoms with Crippen molar-refractivity contribution in [2.75, 3.05) is 32.4 Å². The summed E-state index contributed by atoms with van der Waals surface area (Å²) in [7, 11) is 0. The van der Waals surface area contributed by atoms with Crippen molar-refractivity contribution in [3.05, 3.63) is 69.2 Å². The Kier molecular flexibility index (Phi) is 5.97. The van der Waals surface area contributed by atoms with E-state index in [0.717, 1.165) is 28.5 Å². The Morgan fingerprint density at radius 2 is 1.90 bits per heavy atom. The van der Waals surface area contributed by atoms with Crippen LogP contribution in [0.4, 0.5) is 5.69 Å². The van der Waals surface area contributed by atoms with E-state index < -0.39 is 4.92 Å². The molecule has 2 aromatic heterocycles. The van der Waals surface area contributed by atoms with Crippen molar-refractivity contribution < 1.29 is 9.72 Å². The molecule has 31 heavy (non-hydrogen) atoms. The number of pyridine rings is 1. The summed E-state index contributed by atoms with van der Waals surface area (Å²) >= 11 is 1.46. The number of piperazine rings is 1. The van der Waals surface area contributed by atoms with E-state index in [0.29, 0.717) is 26.2 Å². The fraction of sp³-hybridized carbons (Fsp3) is 0.364. The lowest BCUT2D eigenvalue weighted by Crippen LogP contribution is -2.48. The molecule has 1 aliphatic rings. The molecule has 1 aliphatic heterocycles. The lowest BCUT2D eigenvalue weighted by Gasteiger charge is -2.34. The number of amides is 1. The zero-order valence-electron chi connectivity index (χ0n) is 17.9. The molecule has 0 saturated carbocycles. The molecular formula is C22H25N5O3S. The molecule has 3 heterocycles. The largest absolute Gasteiger partial charge is 0.336 e. The summed E-state index contributed by atoms with van der Waals surface area (Å²) in [6.45, 7) is 7.32. The van der Waals surface area contributed by atoms with E-state index in [1.807, 2.05) is 13.2 Å². The van der Waals surface area contributed by atoms with Gasteiger partial charge in [0.25, 0.3) is 11.6 Å². The summed E-state index contributed by atoms with van der Waals surface area (Å²) in [6.07, 6.45) is 3.94. The summed E-state index contributed by atoms with van der Waals surface area (Å²) in [4.78, 5) is 33.5. The zero-order valence-corrected chi connectivity index (χ0v) is 18.7. The van der Waals surface area contributed by atoms with Gasteiger partial charge in [-0.1, -0.05) is 0 Å². The lowest BCUT2D eigenvalue weighted by atomic mass is 10.1. The number of benzene rings is 1. The Balaban J connectivity index is 1.47. The fourth-order valence-electron chi connectivity index (χ4n) is 3.97. The maximum Gasteiger partial charge on any atom is 0.282 e. The van der Waals surface area contributed by atoms with Gasteiger partial charge in [-0.2, -0.15) is 0 Å². The molecule has 1 saturated heterocycles. The van der Waals surface area contributed by atoms with Crippen LogP contribution in [0.15, 0.2) is 41.4 Å². The molecule has 8 nitrogen and oxygen atoms in total. The SMILES string of the molecule is CSc1ccc([N+](=O)[O-])c(C(=O)N2CCN(Cc3c(C)nc4cc(C)ccn34)CC2)c1. The second-order valence-corrected chi connectivity index (χ2v) is 8.66. The first kappa shape index (κ1) is 21.3. The van der Waals surface area contributed by atoms with Crippen LogP contribution in [0.1, 0.15) is 27.3 Å². The molecule has 0 N–H and O–H groups in total. The number of aryl methyl sites for hydroxylation is 2. The molecule has 162 valence electrons. The highest BCUT2D eigenvalue weighted by molar-refractivity contribution is 7.98. The predicted molar refractivity (Wildman–Crippen MR) is 121 cm³/mol. The number of nitro benzene ring substituents is 1. The van der Waals surface area contributed by atoms with Crippen molar-refractivity contribution in [3.8, 4) is 0 Å². The van der Waals surface area contributed by atoms with Gasteiger partial charge in [-0.15, -0.1) is 11.8 Å². The maximum atomic E-state index is 13.1. The highest BCUT2D eigenvalue weighted by atomic mass is 32.2. The van der Waals surface area contributed by atoms with Crippen LogP contribution in [0.25, 0.3) is 5.65 Å². The van der Waals surface area contributed by atoms with Crippen LogP contribution in [-0.2, 0) is 6.54 Å². The van der Waals surface area contributed by atoms with Crippen LogP contribution in [0.2, 0.25) is 0 Å². The zero-order chi connectivity index (χ0) is 22.1. The molecule has 1 aromatic carbocycles. The summed E-state index contributed by atoms with van der Waals surface area (Å²) in [6, 6.07) is 8.87. The van der Waals surface area contributed by atoms with Crippen LogP contribution in [-0.4, -0.2) is 62.4 Å². The molecule has 9 heteroatoms. The number of fused-ring (bicyclic) bond motifs is 1. The molecule has 0 bridgehead atoms. The Hall–Kier alpha value is -2.91. The topological polar surface area (TPSA) is 84.0 Å². The molecule has 3 aromatic rings. The third kappa shape index (κ3) is 4.28. The number of hydrogen-bond acceptors (Lipinski definition) is 6. The Labute approximate surface area is 185 Å². The molecule has 0 atom stereocenters. The van der Waals surface area contributed by atoms with Gasteiger partial charge in [0, 0.05) is 49.9 Å². The Morgan fingerprint density at radius 3 is 2.58 bits per heavy atom. The minimum atomic E-state index is -0.483. The number of nitro groups is 1. The molecule has 0 radical (unpaired) electrons. The average Bonchev–Trinajstić information content (AvgIpc) is 3.07. The average molecular weight is 440 g/mol. The van der Waals surface area contributed by atoms with Crippen LogP contribution >= 0.6 is 11.8 Å². The number of carbonyl (C=O) groups excluding carboxylic acids is 1. The number of rotatable bonds is 5. The molecule has 1 amide bonds. The Morgan fingerprint density at radius 1 is 1.16 bits per heavy atom. The summed E-state index contributed by atoms with van der Waals surface area (Å²) in [5.74, 6) is -0.274. The van der Waals surface area contributed by atoms with Crippen molar-refractivity contribution >= 4 is 29.0 Å². The van der Waals surface area contributed by atoms with Gasteiger partial charge < -0.3 is 9.30 Å². The van der Waals surface area contributed by atoms with Crippen LogP contribution < -0.4 is 0 Å². The minimum absolute atomic E-state index is 0.137. The quantitative estimate of drug-likeness (QED) is 0.343. The first-order valence-electron chi connectivity index (χ1n) is 10.2. The van der Waals surface area contributed by atoms with Crippen LogP contribution in [0.3, 0.4) is 0 Å². The number of nitrogens with zero attached hydrogens (tertiary/aromatic N) is 5. The second-order valence-electron chi connectivity index (χ2n) is 7.78. The van der Waals surface area contributed by atoms with Gasteiger partial charge in [0.05, 0.1) is 16.3 Å². The van der Waals surface area contributed by atoms with Crippen LogP contribution in [0, 0.1) is 24.0 Å². The van der Waals surface area contributed by atoms with Crippen molar-refractivity contribution in [1.29, 1.82) is 0 Å². The van der Waals surface area contributed by atoms with Gasteiger partial charge in [0.15, 0.2) is 0 Å². The second kappa shape index (κ2) is 8.68. The minimum Gasteiger partial charge on any atom is -0.336 e. The summed E-state index contributed by atoms with van der Waals surface area (Å²) in [5.41, 5.74) is 4.31. The number of carbonyl (C=O) groups is 1. The van der Waals surface area contributed by atoms with Crippen molar-refractivity contribution in [2.24, 2.45) is 0 Å². The number of hydrogen-bond donors (Lipinski definition) is 0. The van der Waals surface area contributed by atoms with Crippen LogP contribution in [0.5, 0.6) is 0 Å². The standard InChI is InChI=1S/C22H25N5O3S/c1-15-6-7-26-20(16(2)23-21(26)12-15)14-24-8-10-25(11-9-24)22(28)18-13-17(31-3)4-5-19(18)27(29)30/h4-7,12-13H,8-11,14H2,1-3H3. The lowest BCUT2D eigenvalue weighted by molar-refractivity contribution is -0.385. The smallest absolute Gasteiger partial charge is 0.282 e. The highest BCUT2D eigenvalue weighted by Crippen LogP contribution is 2.26. The van der Waals surface area contributed by atoms with E-state index in [1.54, 1.807) is 17.0 Å². The first-order chi connectivity index (χ1) is 14.9. The Bertz CT molecular complexity index is 1150. The van der Waals surface area contributed by atoms with Gasteiger partial charge in [-0.05, 0) is 49.9 Å². The van der Waals surface area contributed by atoms with Crippen molar-refractivity contribution in [1.82, 2.24) is 19.2 Å². The number of aromatic nitrogens is 2. The van der Waals surface area contributed by atoms with E-state index >= 15 is 0 Å². The normalized spacial score (nSPS) is 14.9. The molecule has 0 spiro atoms. The molecule has 0 aliphatic carbocycles. The molecular weight excluding hydrogens is 414 g/mol. The monoisotopic (exact) mass is 439 g/mol. The third-order valence-electron chi connectivity index (χ3n) is 5.74. The van der Waals surface area contributed by atoms with Gasteiger partial charge in [0.2, 0.25) is 0 Å². The van der Waals surface area contributed by atoms with E-state index in [-0.39, 0.29) is 17.2 Å². The third-order valence-corrected chi connectivity index (χ3v) is 6.47. The van der Waals surface area contributed by atoms with E-state index in [1.165, 1.54) is 23.4 Å². The fourth-order valence-corrected chi connectivity index (χ4v) is 4.41. The van der Waals surface area contributed by atoms with E-state index in [2.05, 4.69) is 39.5 Å². The first-order valence-corrected chi connectivity index (χ1v) is 11.4. The molecule has 4 rings (SSSR count). The highest BCUT2D eigenvalue weighted by Gasteiger charge is 2.28. The van der Waals surface area contributed by atoms with Crippen molar-refractivity contribution in [2.45, 2.75) is 25.3 Å². The van der Waals surface area contributed by atoms with E-state index in [4.69, 9.17) is 0 Å². The van der Waals surface area contributed by atoms with Gasteiger partial charge in [-0.25, -0.2) is 4.98 Å². The summed E-state index contributed by atoms with van der Waals surface area (Å²) < 4.78 is 2.12. The van der Waals surface area contributed by atoms with Gasteiger partial charge in [0.1, 0.15) is 11.2 Å². The van der Waals surface area contributed by atoms with Gasteiger partial charge in [-0.3, -0.25) is 19.8 Å². The number of thioether (sulfide) groups is 1. The van der Waals surface area contributed by atoms with Crippen molar-refractivity contribution in [3.63, 3.8) is 0 Å². The predicted octanol–water partition coefficient (Wildman–Crippen LogP) is 3.54. The summed E-state index contributed by atoms with van der Waals surface area (Å²) in [5, 5.41) is 11.4. The van der Waals surface area contributed by atoms with E-state index in [9.17, 15) is 14.9 Å².